The molecule has 0 saturated heterocycles. The Morgan fingerprint density at radius 2 is 1.56 bits per heavy atom. The van der Waals surface area contributed by atoms with Gasteiger partial charge in [0.2, 0.25) is 0 Å². The van der Waals surface area contributed by atoms with Crippen LogP contribution in [-0.2, 0) is 11.3 Å². The van der Waals surface area contributed by atoms with Crippen molar-refractivity contribution in [3.8, 4) is 29.1 Å². The van der Waals surface area contributed by atoms with Gasteiger partial charge < -0.3 is 18.9 Å². The molecule has 1 rings (SSSR count). The van der Waals surface area contributed by atoms with Crippen molar-refractivity contribution in [2.75, 3.05) is 41.6 Å². The highest BCUT2D eigenvalue weighted by atomic mass is 16.5. The minimum absolute atomic E-state index is 0.103. The van der Waals surface area contributed by atoms with Crippen molar-refractivity contribution < 1.29 is 18.9 Å². The molecular weight excluding hydrogens is 318 g/mol. The van der Waals surface area contributed by atoms with E-state index in [2.05, 4.69) is 23.7 Å². The Bertz CT molecular complexity index is 523. The van der Waals surface area contributed by atoms with E-state index in [4.69, 9.17) is 18.9 Å². The van der Waals surface area contributed by atoms with E-state index in [-0.39, 0.29) is 6.04 Å². The first-order chi connectivity index (χ1) is 12.1. The van der Waals surface area contributed by atoms with E-state index in [0.717, 1.165) is 23.6 Å². The zero-order valence-electron chi connectivity index (χ0n) is 16.9. The molecule has 0 spiro atoms. The van der Waals surface area contributed by atoms with E-state index in [1.54, 1.807) is 28.4 Å². The molecule has 142 valence electrons. The van der Waals surface area contributed by atoms with E-state index in [1.165, 1.54) is 0 Å². The second-order valence-corrected chi connectivity index (χ2v) is 5.04. The van der Waals surface area contributed by atoms with Crippen LogP contribution in [0.1, 0.15) is 33.3 Å². The van der Waals surface area contributed by atoms with Crippen LogP contribution in [0.25, 0.3) is 0 Å². The highest BCUT2D eigenvalue weighted by Gasteiger charge is 2.19. The van der Waals surface area contributed by atoms with Gasteiger partial charge in [-0.25, -0.2) is 0 Å². The summed E-state index contributed by atoms with van der Waals surface area (Å²) in [5, 5.41) is 0. The van der Waals surface area contributed by atoms with Crippen molar-refractivity contribution in [3.63, 3.8) is 0 Å². The van der Waals surface area contributed by atoms with Crippen molar-refractivity contribution in [1.82, 2.24) is 4.90 Å². The Labute approximate surface area is 153 Å². The molecule has 0 N–H and O–H groups in total. The monoisotopic (exact) mass is 351 g/mol. The lowest BCUT2D eigenvalue weighted by Crippen LogP contribution is -2.34. The fraction of sp³-hybridized carbons (Fsp3) is 0.600. The molecule has 5 nitrogen and oxygen atoms in total. The largest absolute Gasteiger partial charge is 0.496 e. The van der Waals surface area contributed by atoms with E-state index >= 15 is 0 Å². The van der Waals surface area contributed by atoms with E-state index in [0.29, 0.717) is 18.9 Å². The van der Waals surface area contributed by atoms with E-state index < -0.39 is 0 Å². The first-order valence-electron chi connectivity index (χ1n) is 8.55. The molecule has 0 aliphatic carbocycles. The van der Waals surface area contributed by atoms with Crippen LogP contribution < -0.4 is 14.2 Å². The summed E-state index contributed by atoms with van der Waals surface area (Å²) in [5.41, 5.74) is 0.969. The number of ether oxygens (including phenoxy) is 4. The average Bonchev–Trinajstić information content (AvgIpc) is 2.66. The van der Waals surface area contributed by atoms with Crippen LogP contribution in [0.4, 0.5) is 0 Å². The molecule has 25 heavy (non-hydrogen) atoms. The van der Waals surface area contributed by atoms with Gasteiger partial charge in [-0.3, -0.25) is 4.90 Å². The summed E-state index contributed by atoms with van der Waals surface area (Å²) in [6.45, 7) is 9.98. The van der Waals surface area contributed by atoms with Gasteiger partial charge >= 0.3 is 0 Å². The minimum atomic E-state index is 0.103. The maximum absolute atomic E-state index is 5.52. The highest BCUT2D eigenvalue weighted by Crippen LogP contribution is 2.35. The second kappa shape index (κ2) is 13.4. The Balaban J connectivity index is 0.00000277. The Hall–Kier alpha value is -1.90. The summed E-state index contributed by atoms with van der Waals surface area (Å²) < 4.78 is 21.6. The predicted molar refractivity (Wildman–Crippen MR) is 103 cm³/mol. The number of benzene rings is 1. The lowest BCUT2D eigenvalue weighted by atomic mass is 10.1. The zero-order valence-corrected chi connectivity index (χ0v) is 16.9. The number of hydrogen-bond acceptors (Lipinski definition) is 5. The summed E-state index contributed by atoms with van der Waals surface area (Å²) in [5.74, 6) is 8.33. The summed E-state index contributed by atoms with van der Waals surface area (Å²) in [7, 11) is 6.61. The predicted octanol–water partition coefficient (Wildman–Crippen LogP) is 3.60. The first kappa shape index (κ1) is 23.1. The van der Waals surface area contributed by atoms with Crippen molar-refractivity contribution in [2.24, 2.45) is 0 Å². The second-order valence-electron chi connectivity index (χ2n) is 5.04. The number of nitrogens with zero attached hydrogens (tertiary/aromatic N) is 1. The molecule has 1 atom stereocenters. The topological polar surface area (TPSA) is 40.2 Å². The summed E-state index contributed by atoms with van der Waals surface area (Å²) in [4.78, 5) is 2.23. The van der Waals surface area contributed by atoms with Crippen LogP contribution in [0, 0.1) is 11.8 Å². The molecule has 1 aromatic carbocycles. The van der Waals surface area contributed by atoms with Gasteiger partial charge in [0.1, 0.15) is 17.2 Å². The maximum Gasteiger partial charge on any atom is 0.130 e. The first-order valence-corrected chi connectivity index (χ1v) is 8.55. The van der Waals surface area contributed by atoms with Gasteiger partial charge in [-0.05, 0) is 13.8 Å². The van der Waals surface area contributed by atoms with Gasteiger partial charge in [0, 0.05) is 32.3 Å². The van der Waals surface area contributed by atoms with Crippen molar-refractivity contribution in [2.45, 2.75) is 40.3 Å². The molecule has 0 aromatic heterocycles. The molecule has 1 unspecified atom stereocenters. The highest BCUT2D eigenvalue weighted by molar-refractivity contribution is 5.50. The SMILES string of the molecule is CC.CC#CC(C)N(CCOC)Cc1c(OC)cc(OC)cc1OC. The standard InChI is InChI=1S/C18H27NO4.C2H6/c1-7-8-14(2)19(9-10-20-3)13-16-17(22-5)11-15(21-4)12-18(16)23-6;1-2/h11-12,14H,9-10,13H2,1-6H3;1-2H3. The average molecular weight is 351 g/mol. The van der Waals surface area contributed by atoms with Gasteiger partial charge in [0.15, 0.2) is 0 Å². The van der Waals surface area contributed by atoms with Gasteiger partial charge in [0.25, 0.3) is 0 Å². The third kappa shape index (κ3) is 7.25. The van der Waals surface area contributed by atoms with Crippen molar-refractivity contribution in [1.29, 1.82) is 0 Å². The summed E-state index contributed by atoms with van der Waals surface area (Å²) in [6.07, 6.45) is 0. The fourth-order valence-electron chi connectivity index (χ4n) is 2.36. The number of methoxy groups -OCH3 is 4. The molecule has 0 aliphatic rings. The lowest BCUT2D eigenvalue weighted by Gasteiger charge is -2.27. The third-order valence-electron chi connectivity index (χ3n) is 3.66. The Morgan fingerprint density at radius 3 is 1.96 bits per heavy atom. The zero-order chi connectivity index (χ0) is 19.2. The van der Waals surface area contributed by atoms with Crippen LogP contribution >= 0.6 is 0 Å². The van der Waals surface area contributed by atoms with Crippen molar-refractivity contribution in [3.05, 3.63) is 17.7 Å². The molecule has 0 saturated carbocycles. The molecule has 0 amide bonds. The van der Waals surface area contributed by atoms with Gasteiger partial charge in [-0.1, -0.05) is 19.8 Å². The number of rotatable bonds is 9. The molecule has 1 aromatic rings. The van der Waals surface area contributed by atoms with Gasteiger partial charge in [-0.15, -0.1) is 5.92 Å². The normalized spacial score (nSPS) is 10.9. The van der Waals surface area contributed by atoms with Crippen LogP contribution in [0.2, 0.25) is 0 Å². The molecule has 0 aliphatic heterocycles. The van der Waals surface area contributed by atoms with Gasteiger partial charge in [-0.2, -0.15) is 0 Å². The molecule has 0 fully saturated rings. The van der Waals surface area contributed by atoms with Crippen molar-refractivity contribution >= 4 is 0 Å². The molecule has 0 bridgehead atoms. The Morgan fingerprint density at radius 1 is 1.00 bits per heavy atom. The Kier molecular flexibility index (Phi) is 12.4. The fourth-order valence-corrected chi connectivity index (χ4v) is 2.36. The van der Waals surface area contributed by atoms with Crippen LogP contribution in [0.15, 0.2) is 12.1 Å². The van der Waals surface area contributed by atoms with Gasteiger partial charge in [0.05, 0.1) is 39.5 Å². The summed E-state index contributed by atoms with van der Waals surface area (Å²) >= 11 is 0. The van der Waals surface area contributed by atoms with Crippen LogP contribution in [-0.4, -0.2) is 52.5 Å². The quantitative estimate of drug-likeness (QED) is 0.636. The minimum Gasteiger partial charge on any atom is -0.496 e. The van der Waals surface area contributed by atoms with Crippen LogP contribution in [0.5, 0.6) is 17.2 Å². The maximum atomic E-state index is 5.52. The lowest BCUT2D eigenvalue weighted by molar-refractivity contribution is 0.133. The molecule has 0 heterocycles. The summed E-state index contributed by atoms with van der Waals surface area (Å²) in [6, 6.07) is 3.83. The van der Waals surface area contributed by atoms with E-state index in [1.807, 2.05) is 32.9 Å². The smallest absolute Gasteiger partial charge is 0.130 e. The van der Waals surface area contributed by atoms with Crippen LogP contribution in [0.3, 0.4) is 0 Å². The number of hydrogen-bond donors (Lipinski definition) is 0. The van der Waals surface area contributed by atoms with E-state index in [9.17, 15) is 0 Å². The third-order valence-corrected chi connectivity index (χ3v) is 3.66. The molecular formula is C20H33NO4. The molecule has 5 heteroatoms. The molecule has 0 radical (unpaired) electrons.